The third-order valence-electron chi connectivity index (χ3n) is 7.54. The molecule has 0 N–H and O–H groups in total. The number of fused-ring (bicyclic) bond motifs is 4. The molecule has 0 saturated heterocycles. The van der Waals surface area contributed by atoms with Gasteiger partial charge >= 0.3 is 0 Å². The van der Waals surface area contributed by atoms with Gasteiger partial charge in [0.1, 0.15) is 11.2 Å². The summed E-state index contributed by atoms with van der Waals surface area (Å²) in [6, 6.07) is 9.97. The van der Waals surface area contributed by atoms with E-state index < -0.39 is 72.5 Å². The van der Waals surface area contributed by atoms with Crippen LogP contribution < -0.4 is 0 Å². The molecule has 0 aliphatic carbocycles. The van der Waals surface area contributed by atoms with Crippen LogP contribution in [0.25, 0.3) is 89.1 Å². The summed E-state index contributed by atoms with van der Waals surface area (Å²) in [6.07, 6.45) is 0. The lowest BCUT2D eigenvalue weighted by molar-refractivity contribution is 0.669. The van der Waals surface area contributed by atoms with Crippen LogP contribution in [0.1, 0.15) is 21.9 Å². The topological polar surface area (TPSA) is 51.8 Å². The van der Waals surface area contributed by atoms with E-state index in [1.807, 2.05) is 0 Å². The molecule has 0 atom stereocenters. The lowest BCUT2D eigenvalue weighted by atomic mass is 10.00. The Hall–Kier alpha value is -6.39. The van der Waals surface area contributed by atoms with Gasteiger partial charge in [-0.1, -0.05) is 139 Å². The van der Waals surface area contributed by atoms with E-state index in [9.17, 15) is 0 Å². The van der Waals surface area contributed by atoms with Crippen LogP contribution in [0.3, 0.4) is 0 Å². The highest BCUT2D eigenvalue weighted by Gasteiger charge is 2.18. The smallest absolute Gasteiger partial charge is 0.164 e. The van der Waals surface area contributed by atoms with E-state index in [0.717, 1.165) is 0 Å². The molecule has 220 valence electrons. The second-order valence-corrected chi connectivity index (χ2v) is 10.4. The third kappa shape index (κ3) is 4.93. The van der Waals surface area contributed by atoms with Crippen LogP contribution in [0.4, 0.5) is 0 Å². The number of benzene rings is 7. The summed E-state index contributed by atoms with van der Waals surface area (Å²) in [6.45, 7) is 0. The number of hydrogen-bond donors (Lipinski definition) is 0. The molecule has 4 heteroatoms. The van der Waals surface area contributed by atoms with Gasteiger partial charge in [0.25, 0.3) is 0 Å². The first-order valence-corrected chi connectivity index (χ1v) is 14.4. The highest BCUT2D eigenvalue weighted by Crippen LogP contribution is 2.38. The summed E-state index contributed by atoms with van der Waals surface area (Å²) >= 11 is 0. The summed E-state index contributed by atoms with van der Waals surface area (Å²) in [5.41, 5.74) is 0.436. The Balaban J connectivity index is 1.25. The second-order valence-electron chi connectivity index (χ2n) is 10.4. The Morgan fingerprint density at radius 1 is 0.426 bits per heavy atom. The molecule has 0 saturated carbocycles. The van der Waals surface area contributed by atoms with Gasteiger partial charge in [0.2, 0.25) is 0 Å². The monoisotopic (exact) mass is 617 g/mol. The summed E-state index contributed by atoms with van der Waals surface area (Å²) in [5.74, 6) is 0.250. The van der Waals surface area contributed by atoms with Crippen molar-refractivity contribution in [3.05, 3.63) is 163 Å². The molecule has 0 fully saturated rings. The SMILES string of the molecule is [2H]c1cc2c(oc3c([2H])cc([2H])c(-c4nc(-c5ccccc5)nc(-c5ccc(-c6c([2H])c([2H])c7c([2H])c([2H])c([2H])c([2H])c7c6[2H])cc5)n4)c32)c([2H])c1-c1c([2H])c([2H])c([2H])c([2H])c1[2H]. The lowest BCUT2D eigenvalue weighted by Crippen LogP contribution is -2.00. The van der Waals surface area contributed by atoms with Crippen LogP contribution in [0.5, 0.6) is 0 Å². The average molecular weight is 618 g/mol. The fraction of sp³-hybridized carbons (Fsp3) is 0. The van der Waals surface area contributed by atoms with Gasteiger partial charge in [-0.3, -0.25) is 0 Å². The molecule has 0 bridgehead atoms. The molecule has 9 rings (SSSR count). The number of nitrogens with zero attached hydrogens (tertiary/aromatic N) is 3. The molecule has 9 aromatic rings. The molecule has 0 aliphatic heterocycles. The molecular weight excluding hydrogens is 574 g/mol. The summed E-state index contributed by atoms with van der Waals surface area (Å²) in [7, 11) is 0. The molecular formula is C43H27N3O. The summed E-state index contributed by atoms with van der Waals surface area (Å²) < 4.78 is 143. The number of furan rings is 1. The van der Waals surface area contributed by atoms with Crippen molar-refractivity contribution in [3.8, 4) is 56.4 Å². The van der Waals surface area contributed by atoms with Crippen LogP contribution in [0.15, 0.2) is 168 Å². The molecule has 7 aromatic carbocycles. The third-order valence-corrected chi connectivity index (χ3v) is 7.54. The zero-order valence-electron chi connectivity index (χ0n) is 40.1. The minimum atomic E-state index is -0.644. The largest absolute Gasteiger partial charge is 0.456 e. The van der Waals surface area contributed by atoms with Gasteiger partial charge in [-0.05, 0) is 57.2 Å². The lowest BCUT2D eigenvalue weighted by Gasteiger charge is -2.10. The summed E-state index contributed by atoms with van der Waals surface area (Å²) in [4.78, 5) is 14.3. The highest BCUT2D eigenvalue weighted by atomic mass is 16.3. The zero-order valence-corrected chi connectivity index (χ0v) is 24.1. The van der Waals surface area contributed by atoms with Gasteiger partial charge < -0.3 is 4.42 Å². The zero-order chi connectivity index (χ0) is 45.1. The van der Waals surface area contributed by atoms with E-state index in [-0.39, 0.29) is 96.6 Å². The first-order valence-electron chi connectivity index (χ1n) is 22.4. The van der Waals surface area contributed by atoms with Crippen molar-refractivity contribution in [3.63, 3.8) is 0 Å². The molecule has 47 heavy (non-hydrogen) atoms. The van der Waals surface area contributed by atoms with Crippen LogP contribution >= 0.6 is 0 Å². The fourth-order valence-electron chi connectivity index (χ4n) is 5.29. The second kappa shape index (κ2) is 11.2. The highest BCUT2D eigenvalue weighted by molar-refractivity contribution is 6.12. The molecule has 0 unspecified atom stereocenters. The van der Waals surface area contributed by atoms with Gasteiger partial charge in [0.05, 0.1) is 21.9 Å². The van der Waals surface area contributed by atoms with Crippen molar-refractivity contribution in [2.24, 2.45) is 0 Å². The van der Waals surface area contributed by atoms with Gasteiger partial charge in [0.15, 0.2) is 17.5 Å². The molecule has 2 aromatic heterocycles. The Labute approximate surface area is 294 Å². The van der Waals surface area contributed by atoms with E-state index >= 15 is 0 Å². The fourth-order valence-corrected chi connectivity index (χ4v) is 5.29. The van der Waals surface area contributed by atoms with E-state index in [1.54, 1.807) is 54.6 Å². The Morgan fingerprint density at radius 2 is 1.11 bits per heavy atom. The number of rotatable bonds is 5. The number of aromatic nitrogens is 3. The van der Waals surface area contributed by atoms with E-state index in [4.69, 9.17) is 41.3 Å². The van der Waals surface area contributed by atoms with Gasteiger partial charge in [-0.25, -0.2) is 15.0 Å². The minimum absolute atomic E-state index is 0.0220. The van der Waals surface area contributed by atoms with Crippen LogP contribution in [0.2, 0.25) is 0 Å². The quantitative estimate of drug-likeness (QED) is 0.193. The molecule has 4 nitrogen and oxygen atoms in total. The van der Waals surface area contributed by atoms with Crippen LogP contribution in [-0.2, 0) is 0 Å². The Bertz CT molecular complexity index is 3440. The van der Waals surface area contributed by atoms with Crippen LogP contribution in [-0.4, -0.2) is 15.0 Å². The van der Waals surface area contributed by atoms with Gasteiger partial charge in [-0.15, -0.1) is 0 Å². The molecule has 2 heterocycles. The van der Waals surface area contributed by atoms with Crippen molar-refractivity contribution < 1.29 is 26.3 Å². The van der Waals surface area contributed by atoms with E-state index in [2.05, 4.69) is 0 Å². The Kier molecular flexibility index (Phi) is 3.64. The van der Waals surface area contributed by atoms with E-state index in [0.29, 0.717) is 16.7 Å². The maximum atomic E-state index is 9.16. The van der Waals surface area contributed by atoms with Gasteiger partial charge in [-0.2, -0.15) is 0 Å². The van der Waals surface area contributed by atoms with Crippen molar-refractivity contribution in [1.82, 2.24) is 15.0 Å². The normalized spacial score (nSPS) is 16.2. The predicted molar refractivity (Wildman–Crippen MR) is 192 cm³/mol. The first-order chi connectivity index (χ1) is 29.9. The number of hydrogen-bond acceptors (Lipinski definition) is 4. The minimum Gasteiger partial charge on any atom is -0.456 e. The van der Waals surface area contributed by atoms with E-state index in [1.165, 1.54) is 12.1 Å². The van der Waals surface area contributed by atoms with Crippen molar-refractivity contribution in [2.75, 3.05) is 0 Å². The standard InChI is InChI=1S/C43H27N3O/c1-3-10-28(11-4-1)35-24-25-36-39(27-35)47-38-17-9-16-37(40(36)38)43-45-41(31-13-5-2-6-14-31)44-42(46-43)32-21-18-30(19-22-32)34-23-20-29-12-7-8-15-33(29)26-34/h1-27H/i1D,3D,4D,7D,8D,10D,11D,12D,15D,16D,17D,20D,23D,24D,26D,27D. The maximum absolute atomic E-state index is 9.16. The predicted octanol–water partition coefficient (Wildman–Crippen LogP) is 11.3. The summed E-state index contributed by atoms with van der Waals surface area (Å²) in [5, 5.41) is -0.164. The first kappa shape index (κ1) is 15.3. The van der Waals surface area contributed by atoms with Gasteiger partial charge in [0, 0.05) is 27.5 Å². The molecule has 0 spiro atoms. The molecule has 0 amide bonds. The van der Waals surface area contributed by atoms with Crippen molar-refractivity contribution in [2.45, 2.75) is 0 Å². The molecule has 0 radical (unpaired) electrons. The van der Waals surface area contributed by atoms with Crippen molar-refractivity contribution in [1.29, 1.82) is 0 Å². The molecule has 0 aliphatic rings. The average Bonchev–Trinajstić information content (AvgIpc) is 3.66. The maximum Gasteiger partial charge on any atom is 0.164 e. The van der Waals surface area contributed by atoms with Crippen molar-refractivity contribution >= 4 is 32.7 Å². The van der Waals surface area contributed by atoms with Crippen LogP contribution in [0, 0.1) is 0 Å². The Morgan fingerprint density at radius 3 is 1.91 bits per heavy atom.